The van der Waals surface area contributed by atoms with Gasteiger partial charge in [0, 0.05) is 55.5 Å². The second kappa shape index (κ2) is 8.46. The summed E-state index contributed by atoms with van der Waals surface area (Å²) >= 11 is 0. The van der Waals surface area contributed by atoms with Gasteiger partial charge < -0.3 is 29.7 Å². The third-order valence-corrected chi connectivity index (χ3v) is 7.38. The minimum Gasteiger partial charge on any atom is -0.454 e. The highest BCUT2D eigenvalue weighted by Gasteiger charge is 2.25. The van der Waals surface area contributed by atoms with Crippen molar-refractivity contribution in [2.45, 2.75) is 26.4 Å². The van der Waals surface area contributed by atoms with Crippen molar-refractivity contribution < 1.29 is 14.3 Å². The van der Waals surface area contributed by atoms with Gasteiger partial charge in [-0.2, -0.15) is 0 Å². The molecule has 0 fully saturated rings. The Kier molecular flexibility index (Phi) is 5.02. The number of rotatable bonds is 4. The molecule has 7 rings (SSSR count). The smallest absolute Gasteiger partial charge is 0.275 e. The maximum atomic E-state index is 13.4. The third-order valence-electron chi connectivity index (χ3n) is 7.38. The van der Waals surface area contributed by atoms with Crippen molar-refractivity contribution >= 4 is 33.5 Å². The van der Waals surface area contributed by atoms with Crippen molar-refractivity contribution in [3.05, 3.63) is 81.8 Å². The zero-order chi connectivity index (χ0) is 26.0. The number of nitrogens with one attached hydrogen (secondary N) is 1. The lowest BCUT2D eigenvalue weighted by Gasteiger charge is -2.15. The molecular formula is C29H25N5O4. The number of fused-ring (bicyclic) bond motifs is 4. The van der Waals surface area contributed by atoms with Gasteiger partial charge in [0.1, 0.15) is 5.69 Å². The highest BCUT2D eigenvalue weighted by atomic mass is 16.7. The molecule has 2 aliphatic rings. The van der Waals surface area contributed by atoms with E-state index in [0.29, 0.717) is 53.4 Å². The lowest BCUT2D eigenvalue weighted by molar-refractivity contribution is -0.116. The van der Waals surface area contributed by atoms with Crippen LogP contribution in [0.2, 0.25) is 0 Å². The summed E-state index contributed by atoms with van der Waals surface area (Å²) in [5.41, 5.74) is 12.8. The number of nitrogens with two attached hydrogens (primary N) is 1. The molecule has 0 saturated carbocycles. The minimum atomic E-state index is -0.299. The van der Waals surface area contributed by atoms with E-state index in [9.17, 15) is 9.59 Å². The van der Waals surface area contributed by atoms with Crippen molar-refractivity contribution in [1.29, 1.82) is 0 Å². The van der Waals surface area contributed by atoms with Crippen LogP contribution in [0.5, 0.6) is 11.5 Å². The SMILES string of the molecule is CC(=O)N1CCc2cc3nc(-c4cn(Cc5cccc(CN)c5)c5cc6c(cc45)OCO6)c(=O)[nH]c3cc21. The number of anilines is 1. The number of benzene rings is 3. The molecule has 9 heteroatoms. The highest BCUT2D eigenvalue weighted by Crippen LogP contribution is 2.40. The predicted octanol–water partition coefficient (Wildman–Crippen LogP) is 3.69. The molecule has 5 aromatic rings. The van der Waals surface area contributed by atoms with Crippen LogP contribution in [-0.4, -0.2) is 33.8 Å². The van der Waals surface area contributed by atoms with Crippen LogP contribution in [0.4, 0.5) is 5.69 Å². The van der Waals surface area contributed by atoms with E-state index in [-0.39, 0.29) is 18.3 Å². The lowest BCUT2D eigenvalue weighted by atomic mass is 10.1. The van der Waals surface area contributed by atoms with Gasteiger partial charge in [0.05, 0.1) is 16.6 Å². The fourth-order valence-electron chi connectivity index (χ4n) is 5.53. The zero-order valence-corrected chi connectivity index (χ0v) is 20.8. The number of carbonyl (C=O) groups excluding carboxylic acids is 1. The Morgan fingerprint density at radius 1 is 1.11 bits per heavy atom. The standard InChI is InChI=1S/C29H25N5O4/c1-16(35)34-6-5-19-8-22-23(10-24(19)34)32-29(36)28(31-22)21-14-33(13-18-4-2-3-17(7-18)12-30)25-11-27-26(9-20(21)25)37-15-38-27/h2-4,7-11,14H,5-6,12-13,15,30H2,1H3,(H,32,36). The van der Waals surface area contributed by atoms with Crippen LogP contribution in [0.3, 0.4) is 0 Å². The summed E-state index contributed by atoms with van der Waals surface area (Å²) in [6.45, 7) is 3.40. The molecule has 38 heavy (non-hydrogen) atoms. The number of amides is 1. The molecular weight excluding hydrogens is 482 g/mol. The Balaban J connectivity index is 1.40. The average Bonchev–Trinajstić information content (AvgIpc) is 3.63. The first-order chi connectivity index (χ1) is 18.5. The summed E-state index contributed by atoms with van der Waals surface area (Å²) in [5, 5.41) is 0.852. The van der Waals surface area contributed by atoms with E-state index < -0.39 is 0 Å². The molecule has 9 nitrogen and oxygen atoms in total. The summed E-state index contributed by atoms with van der Waals surface area (Å²) in [7, 11) is 0. The molecule has 3 N–H and O–H groups in total. The van der Waals surface area contributed by atoms with E-state index >= 15 is 0 Å². The summed E-state index contributed by atoms with van der Waals surface area (Å²) in [5.74, 6) is 1.30. The fraction of sp³-hybridized carbons (Fsp3) is 0.207. The van der Waals surface area contributed by atoms with Gasteiger partial charge >= 0.3 is 0 Å². The second-order valence-corrected chi connectivity index (χ2v) is 9.75. The third kappa shape index (κ3) is 3.54. The van der Waals surface area contributed by atoms with Crippen LogP contribution >= 0.6 is 0 Å². The predicted molar refractivity (Wildman–Crippen MR) is 145 cm³/mol. The molecule has 1 amide bonds. The van der Waals surface area contributed by atoms with Gasteiger partial charge in [-0.1, -0.05) is 24.3 Å². The number of ether oxygens (including phenoxy) is 2. The number of nitrogens with zero attached hydrogens (tertiary/aromatic N) is 3. The van der Waals surface area contributed by atoms with Crippen LogP contribution in [0.15, 0.2) is 59.5 Å². The Morgan fingerprint density at radius 2 is 1.92 bits per heavy atom. The number of H-pyrrole nitrogens is 1. The molecule has 0 saturated heterocycles. The van der Waals surface area contributed by atoms with Gasteiger partial charge in [-0.15, -0.1) is 0 Å². The summed E-state index contributed by atoms with van der Waals surface area (Å²) in [6, 6.07) is 15.8. The number of hydrogen-bond donors (Lipinski definition) is 2. The van der Waals surface area contributed by atoms with E-state index in [2.05, 4.69) is 21.7 Å². The van der Waals surface area contributed by atoms with Crippen LogP contribution in [-0.2, 0) is 24.3 Å². The quantitative estimate of drug-likeness (QED) is 0.383. The fourth-order valence-corrected chi connectivity index (χ4v) is 5.53. The zero-order valence-electron chi connectivity index (χ0n) is 20.8. The second-order valence-electron chi connectivity index (χ2n) is 9.75. The molecule has 190 valence electrons. The van der Waals surface area contributed by atoms with Gasteiger partial charge in [-0.05, 0) is 41.3 Å². The Hall–Kier alpha value is -4.63. The molecule has 2 aromatic heterocycles. The lowest BCUT2D eigenvalue weighted by Crippen LogP contribution is -2.25. The Bertz CT molecular complexity index is 1840. The molecule has 2 aliphatic heterocycles. The normalized spacial score (nSPS) is 14.0. The summed E-state index contributed by atoms with van der Waals surface area (Å²) in [4.78, 5) is 35.0. The van der Waals surface area contributed by atoms with E-state index in [1.165, 1.54) is 0 Å². The van der Waals surface area contributed by atoms with Crippen LogP contribution in [0.25, 0.3) is 33.2 Å². The van der Waals surface area contributed by atoms with E-state index in [1.54, 1.807) is 11.8 Å². The number of hydrogen-bond acceptors (Lipinski definition) is 6. The van der Waals surface area contributed by atoms with Gasteiger partial charge in [0.25, 0.3) is 5.56 Å². The van der Waals surface area contributed by atoms with Crippen molar-refractivity contribution in [3.8, 4) is 22.8 Å². The average molecular weight is 508 g/mol. The van der Waals surface area contributed by atoms with Gasteiger partial charge in [0.15, 0.2) is 11.5 Å². The molecule has 0 aliphatic carbocycles. The van der Waals surface area contributed by atoms with E-state index in [0.717, 1.165) is 39.7 Å². The maximum absolute atomic E-state index is 13.4. The van der Waals surface area contributed by atoms with Crippen molar-refractivity contribution in [3.63, 3.8) is 0 Å². The van der Waals surface area contributed by atoms with Gasteiger partial charge in [-0.25, -0.2) is 4.98 Å². The first kappa shape index (κ1) is 22.6. The van der Waals surface area contributed by atoms with Crippen LogP contribution in [0.1, 0.15) is 23.6 Å². The van der Waals surface area contributed by atoms with Crippen LogP contribution in [0, 0.1) is 0 Å². The number of aromatic nitrogens is 3. The van der Waals surface area contributed by atoms with Gasteiger partial charge in [-0.3, -0.25) is 9.59 Å². The summed E-state index contributed by atoms with van der Waals surface area (Å²) in [6.07, 6.45) is 2.72. The molecule has 0 bridgehead atoms. The van der Waals surface area contributed by atoms with Crippen molar-refractivity contribution in [2.24, 2.45) is 5.73 Å². The molecule has 3 aromatic carbocycles. The topological polar surface area (TPSA) is 115 Å². The van der Waals surface area contributed by atoms with Crippen LogP contribution < -0.4 is 25.7 Å². The Labute approximate surface area is 217 Å². The highest BCUT2D eigenvalue weighted by molar-refractivity contribution is 5.99. The first-order valence-electron chi connectivity index (χ1n) is 12.5. The van der Waals surface area contributed by atoms with Crippen molar-refractivity contribution in [1.82, 2.24) is 14.5 Å². The molecule has 4 heterocycles. The first-order valence-corrected chi connectivity index (χ1v) is 12.5. The molecule has 0 unspecified atom stereocenters. The van der Waals surface area contributed by atoms with E-state index in [1.807, 2.05) is 42.6 Å². The number of carbonyl (C=O) groups is 1. The maximum Gasteiger partial charge on any atom is 0.275 e. The summed E-state index contributed by atoms with van der Waals surface area (Å²) < 4.78 is 13.4. The molecule has 0 atom stereocenters. The monoisotopic (exact) mass is 507 g/mol. The number of aromatic amines is 1. The largest absolute Gasteiger partial charge is 0.454 e. The van der Waals surface area contributed by atoms with Gasteiger partial charge in [0.2, 0.25) is 12.7 Å². The van der Waals surface area contributed by atoms with E-state index in [4.69, 9.17) is 20.2 Å². The minimum absolute atomic E-state index is 0.0152. The Morgan fingerprint density at radius 3 is 2.74 bits per heavy atom. The molecule has 0 radical (unpaired) electrons. The van der Waals surface area contributed by atoms with Crippen molar-refractivity contribution in [2.75, 3.05) is 18.2 Å². The molecule has 0 spiro atoms.